The lowest BCUT2D eigenvalue weighted by molar-refractivity contribution is 0.276. The zero-order valence-corrected chi connectivity index (χ0v) is 13.1. The third kappa shape index (κ3) is 3.25. The molecule has 0 aliphatic carbocycles. The van der Waals surface area contributed by atoms with E-state index >= 15 is 0 Å². The molecule has 4 heteroatoms. The van der Waals surface area contributed by atoms with Crippen LogP contribution in [0.25, 0.3) is 0 Å². The maximum absolute atomic E-state index is 5.94. The molecular weight excluding hydrogens is 320 g/mol. The third-order valence-corrected chi connectivity index (χ3v) is 3.59. The molecule has 0 unspecified atom stereocenters. The summed E-state index contributed by atoms with van der Waals surface area (Å²) < 4.78 is 16.6. The molecule has 0 bridgehead atoms. The van der Waals surface area contributed by atoms with Gasteiger partial charge in [-0.2, -0.15) is 0 Å². The molecule has 106 valence electrons. The Balaban J connectivity index is 2.22. The standard InChI is InChI=1S/C16H17BrO3/c1-18-14-8-4-3-6-13(14)11-20-16-12(10-17)7-5-9-15(16)19-2/h3-9H,10-11H2,1-2H3. The fraction of sp³-hybridized carbons (Fsp3) is 0.250. The summed E-state index contributed by atoms with van der Waals surface area (Å²) in [6.07, 6.45) is 0. The highest BCUT2D eigenvalue weighted by molar-refractivity contribution is 9.08. The lowest BCUT2D eigenvalue weighted by Gasteiger charge is -2.15. The van der Waals surface area contributed by atoms with Crippen molar-refractivity contribution in [3.63, 3.8) is 0 Å². The first-order valence-electron chi connectivity index (χ1n) is 6.26. The van der Waals surface area contributed by atoms with Gasteiger partial charge < -0.3 is 14.2 Å². The van der Waals surface area contributed by atoms with E-state index in [-0.39, 0.29) is 0 Å². The predicted octanol–water partition coefficient (Wildman–Crippen LogP) is 4.18. The lowest BCUT2D eigenvalue weighted by atomic mass is 10.2. The van der Waals surface area contributed by atoms with Crippen molar-refractivity contribution in [1.29, 1.82) is 0 Å². The maximum atomic E-state index is 5.94. The molecule has 0 amide bonds. The van der Waals surface area contributed by atoms with Gasteiger partial charge >= 0.3 is 0 Å². The smallest absolute Gasteiger partial charge is 0.165 e. The van der Waals surface area contributed by atoms with Crippen molar-refractivity contribution in [3.05, 3.63) is 53.6 Å². The van der Waals surface area contributed by atoms with Gasteiger partial charge in [0.2, 0.25) is 0 Å². The van der Waals surface area contributed by atoms with Crippen molar-refractivity contribution in [2.75, 3.05) is 14.2 Å². The van der Waals surface area contributed by atoms with Crippen LogP contribution in [0.5, 0.6) is 17.2 Å². The highest BCUT2D eigenvalue weighted by atomic mass is 79.9. The van der Waals surface area contributed by atoms with Gasteiger partial charge in [-0.05, 0) is 12.1 Å². The molecule has 0 heterocycles. The van der Waals surface area contributed by atoms with Crippen molar-refractivity contribution >= 4 is 15.9 Å². The van der Waals surface area contributed by atoms with Crippen molar-refractivity contribution in [2.24, 2.45) is 0 Å². The van der Waals surface area contributed by atoms with Gasteiger partial charge in [-0.3, -0.25) is 0 Å². The largest absolute Gasteiger partial charge is 0.496 e. The van der Waals surface area contributed by atoms with Crippen LogP contribution in [0.1, 0.15) is 11.1 Å². The van der Waals surface area contributed by atoms with E-state index in [0.717, 1.165) is 28.4 Å². The summed E-state index contributed by atoms with van der Waals surface area (Å²) in [5, 5.41) is 0.714. The van der Waals surface area contributed by atoms with Gasteiger partial charge in [0.05, 0.1) is 14.2 Å². The molecule has 2 aromatic carbocycles. The molecule has 0 aliphatic rings. The van der Waals surface area contributed by atoms with E-state index in [1.165, 1.54) is 0 Å². The number of methoxy groups -OCH3 is 2. The van der Waals surface area contributed by atoms with E-state index < -0.39 is 0 Å². The molecule has 0 aromatic heterocycles. The van der Waals surface area contributed by atoms with Crippen LogP contribution in [-0.2, 0) is 11.9 Å². The lowest BCUT2D eigenvalue weighted by Crippen LogP contribution is -2.02. The summed E-state index contributed by atoms with van der Waals surface area (Å²) in [7, 11) is 3.30. The van der Waals surface area contributed by atoms with Crippen LogP contribution in [0.2, 0.25) is 0 Å². The van der Waals surface area contributed by atoms with Crippen LogP contribution in [0.4, 0.5) is 0 Å². The Morgan fingerprint density at radius 2 is 1.50 bits per heavy atom. The number of rotatable bonds is 6. The topological polar surface area (TPSA) is 27.7 Å². The highest BCUT2D eigenvalue weighted by Gasteiger charge is 2.11. The van der Waals surface area contributed by atoms with Crippen LogP contribution in [-0.4, -0.2) is 14.2 Å². The summed E-state index contributed by atoms with van der Waals surface area (Å²) in [6, 6.07) is 13.7. The van der Waals surface area contributed by atoms with Gasteiger partial charge in [0.1, 0.15) is 12.4 Å². The highest BCUT2D eigenvalue weighted by Crippen LogP contribution is 2.33. The number of para-hydroxylation sites is 2. The first-order chi connectivity index (χ1) is 9.80. The minimum Gasteiger partial charge on any atom is -0.496 e. The predicted molar refractivity (Wildman–Crippen MR) is 83.0 cm³/mol. The fourth-order valence-corrected chi connectivity index (χ4v) is 2.40. The third-order valence-electron chi connectivity index (χ3n) is 2.99. The van der Waals surface area contributed by atoms with Crippen molar-refractivity contribution < 1.29 is 14.2 Å². The normalized spacial score (nSPS) is 10.2. The first-order valence-corrected chi connectivity index (χ1v) is 7.38. The molecular formula is C16H17BrO3. The second-order valence-electron chi connectivity index (χ2n) is 4.18. The van der Waals surface area contributed by atoms with Crippen molar-refractivity contribution in [1.82, 2.24) is 0 Å². The molecule has 0 aliphatic heterocycles. The van der Waals surface area contributed by atoms with Gasteiger partial charge in [0.25, 0.3) is 0 Å². The second-order valence-corrected chi connectivity index (χ2v) is 4.74. The SMILES string of the molecule is COc1ccccc1COc1c(CBr)cccc1OC. The molecule has 20 heavy (non-hydrogen) atoms. The molecule has 2 aromatic rings. The van der Waals surface area contributed by atoms with Gasteiger partial charge in [0.15, 0.2) is 11.5 Å². The Hall–Kier alpha value is -1.68. The van der Waals surface area contributed by atoms with Crippen LogP contribution in [0.3, 0.4) is 0 Å². The number of hydrogen-bond acceptors (Lipinski definition) is 3. The Bertz CT molecular complexity index is 547. The molecule has 2 rings (SSSR count). The molecule has 0 N–H and O–H groups in total. The van der Waals surface area contributed by atoms with Gasteiger partial charge in [-0.15, -0.1) is 0 Å². The number of benzene rings is 2. The average Bonchev–Trinajstić information content (AvgIpc) is 2.52. The molecule has 0 radical (unpaired) electrons. The van der Waals surface area contributed by atoms with E-state index in [9.17, 15) is 0 Å². The number of hydrogen-bond donors (Lipinski definition) is 0. The summed E-state index contributed by atoms with van der Waals surface area (Å²) in [4.78, 5) is 0. The zero-order valence-electron chi connectivity index (χ0n) is 11.6. The van der Waals surface area contributed by atoms with Crippen LogP contribution in [0.15, 0.2) is 42.5 Å². The van der Waals surface area contributed by atoms with Crippen LogP contribution in [0, 0.1) is 0 Å². The summed E-state index contributed by atoms with van der Waals surface area (Å²) in [5.74, 6) is 2.32. The molecule has 0 spiro atoms. The first kappa shape index (κ1) is 14.7. The van der Waals surface area contributed by atoms with E-state index in [2.05, 4.69) is 15.9 Å². The van der Waals surface area contributed by atoms with Gasteiger partial charge in [-0.25, -0.2) is 0 Å². The van der Waals surface area contributed by atoms with Crippen molar-refractivity contribution in [2.45, 2.75) is 11.9 Å². The minimum absolute atomic E-state index is 0.435. The Labute approximate surface area is 127 Å². The quantitative estimate of drug-likeness (QED) is 0.740. The average molecular weight is 337 g/mol. The summed E-state index contributed by atoms with van der Waals surface area (Å²) in [5.41, 5.74) is 2.06. The van der Waals surface area contributed by atoms with E-state index in [1.807, 2.05) is 42.5 Å². The van der Waals surface area contributed by atoms with Crippen molar-refractivity contribution in [3.8, 4) is 17.2 Å². The molecule has 0 fully saturated rings. The van der Waals surface area contributed by atoms with Crippen LogP contribution >= 0.6 is 15.9 Å². The second kappa shape index (κ2) is 7.20. The zero-order chi connectivity index (χ0) is 14.4. The monoisotopic (exact) mass is 336 g/mol. The maximum Gasteiger partial charge on any atom is 0.165 e. The number of ether oxygens (including phenoxy) is 3. The van der Waals surface area contributed by atoms with Gasteiger partial charge in [-0.1, -0.05) is 46.3 Å². The molecule has 0 atom stereocenters. The molecule has 3 nitrogen and oxygen atoms in total. The van der Waals surface area contributed by atoms with Crippen LogP contribution < -0.4 is 14.2 Å². The molecule has 0 saturated carbocycles. The van der Waals surface area contributed by atoms with E-state index in [4.69, 9.17) is 14.2 Å². The minimum atomic E-state index is 0.435. The fourth-order valence-electron chi connectivity index (χ4n) is 1.96. The summed E-state index contributed by atoms with van der Waals surface area (Å²) in [6.45, 7) is 0.435. The number of alkyl halides is 1. The van der Waals surface area contributed by atoms with Gasteiger partial charge in [0, 0.05) is 16.5 Å². The Morgan fingerprint density at radius 1 is 0.850 bits per heavy atom. The summed E-state index contributed by atoms with van der Waals surface area (Å²) >= 11 is 3.47. The van der Waals surface area contributed by atoms with E-state index in [0.29, 0.717) is 11.9 Å². The Morgan fingerprint density at radius 3 is 2.20 bits per heavy atom. The van der Waals surface area contributed by atoms with E-state index in [1.54, 1.807) is 14.2 Å². The molecule has 0 saturated heterocycles. The number of halogens is 1. The Kier molecular flexibility index (Phi) is 5.30.